The van der Waals surface area contributed by atoms with Crippen molar-refractivity contribution in [2.24, 2.45) is 0 Å². The number of methoxy groups -OCH3 is 1. The molecule has 0 fully saturated rings. The molecule has 4 N–H and O–H groups in total. The van der Waals surface area contributed by atoms with E-state index in [1.54, 1.807) is 13.2 Å². The third-order valence-corrected chi connectivity index (χ3v) is 4.34. The van der Waals surface area contributed by atoms with Crippen molar-refractivity contribution in [3.8, 4) is 0 Å². The quantitative estimate of drug-likeness (QED) is 0.198. The van der Waals surface area contributed by atoms with E-state index < -0.39 is 5.82 Å². The van der Waals surface area contributed by atoms with E-state index in [-0.39, 0.29) is 16.5 Å². The first kappa shape index (κ1) is 20.2. The number of rotatable bonds is 8. The van der Waals surface area contributed by atoms with Gasteiger partial charge in [-0.2, -0.15) is 0 Å². The van der Waals surface area contributed by atoms with Crippen LogP contribution in [-0.2, 0) is 11.3 Å². The van der Waals surface area contributed by atoms with Gasteiger partial charge in [-0.3, -0.25) is 10.6 Å². The lowest BCUT2D eigenvalue weighted by molar-refractivity contribution is 0.194. The van der Waals surface area contributed by atoms with Crippen molar-refractivity contribution in [1.82, 2.24) is 20.3 Å². The number of H-pyrrole nitrogens is 1. The number of anilines is 1. The smallest absolute Gasteiger partial charge is 0.178 e. The molecular weight excluding hydrogens is 387 g/mol. The summed E-state index contributed by atoms with van der Waals surface area (Å²) in [6, 6.07) is 5.29. The number of amidine groups is 1. The van der Waals surface area contributed by atoms with Crippen LogP contribution in [0.3, 0.4) is 0 Å². The third-order valence-electron chi connectivity index (χ3n) is 4.05. The summed E-state index contributed by atoms with van der Waals surface area (Å²) in [5, 5.41) is 22.5. The van der Waals surface area contributed by atoms with E-state index in [9.17, 15) is 9.60 Å². The highest BCUT2D eigenvalue weighted by molar-refractivity contribution is 6.31. The largest absolute Gasteiger partial charge is 0.385 e. The Hall–Kier alpha value is -2.59. The normalized spacial score (nSPS) is 11.1. The first-order valence-corrected chi connectivity index (χ1v) is 8.95. The lowest BCUT2D eigenvalue weighted by atomic mass is 10.2. The summed E-state index contributed by atoms with van der Waals surface area (Å²) in [5.41, 5.74) is 1.52. The maximum atomic E-state index is 13.3. The summed E-state index contributed by atoms with van der Waals surface area (Å²) < 4.78 is 18.4. The summed E-state index contributed by atoms with van der Waals surface area (Å²) >= 11 is 5.76. The van der Waals surface area contributed by atoms with E-state index in [1.807, 2.05) is 0 Å². The number of nitrogens with zero attached hydrogens (tertiary/aromatic N) is 3. The Morgan fingerprint density at radius 1 is 1.43 bits per heavy atom. The van der Waals surface area contributed by atoms with Gasteiger partial charge in [-0.15, -0.1) is 0 Å². The summed E-state index contributed by atoms with van der Waals surface area (Å²) in [6.07, 6.45) is 2.39. The number of imidazole rings is 1. The molecule has 10 heteroatoms. The van der Waals surface area contributed by atoms with Crippen LogP contribution in [0.2, 0.25) is 5.02 Å². The number of fused-ring (bicyclic) bond motifs is 1. The zero-order valence-electron chi connectivity index (χ0n) is 15.2. The maximum Gasteiger partial charge on any atom is 0.178 e. The molecule has 0 aliphatic rings. The van der Waals surface area contributed by atoms with Gasteiger partial charge in [0, 0.05) is 25.5 Å². The van der Waals surface area contributed by atoms with E-state index in [4.69, 9.17) is 21.7 Å². The monoisotopic (exact) mass is 406 g/mol. The van der Waals surface area contributed by atoms with Gasteiger partial charge in [0.05, 0.1) is 22.8 Å². The van der Waals surface area contributed by atoms with Crippen molar-refractivity contribution >= 4 is 34.3 Å². The molecule has 2 aromatic heterocycles. The highest BCUT2D eigenvalue weighted by atomic mass is 35.5. The molecule has 148 valence electrons. The van der Waals surface area contributed by atoms with Gasteiger partial charge in [0.2, 0.25) is 0 Å². The van der Waals surface area contributed by atoms with Crippen molar-refractivity contribution in [2.75, 3.05) is 25.3 Å². The Morgan fingerprint density at radius 2 is 2.25 bits per heavy atom. The Bertz CT molecular complexity index is 980. The van der Waals surface area contributed by atoms with Crippen LogP contribution in [0, 0.1) is 11.2 Å². The van der Waals surface area contributed by atoms with Gasteiger partial charge in [-0.25, -0.2) is 19.4 Å². The molecular formula is C18H20ClFN6O2. The fraction of sp³-hybridized carbons (Fsp3) is 0.278. The van der Waals surface area contributed by atoms with Crippen LogP contribution in [0.15, 0.2) is 30.5 Å². The topological polar surface area (TPSA) is 110 Å². The highest BCUT2D eigenvalue weighted by Gasteiger charge is 2.18. The predicted octanol–water partition coefficient (Wildman–Crippen LogP) is 3.10. The van der Waals surface area contributed by atoms with Crippen LogP contribution in [-0.4, -0.2) is 46.3 Å². The Labute approximate surface area is 165 Å². The van der Waals surface area contributed by atoms with Gasteiger partial charge in [-0.1, -0.05) is 11.6 Å². The lowest BCUT2D eigenvalue weighted by Gasteiger charge is -2.18. The fourth-order valence-corrected chi connectivity index (χ4v) is 2.82. The summed E-state index contributed by atoms with van der Waals surface area (Å²) in [4.78, 5) is 11.7. The van der Waals surface area contributed by atoms with Gasteiger partial charge in [0.15, 0.2) is 11.5 Å². The van der Waals surface area contributed by atoms with Gasteiger partial charge in [0.1, 0.15) is 11.6 Å². The molecule has 3 rings (SSSR count). The number of hydrogen-bond acceptors (Lipinski definition) is 6. The molecule has 0 atom stereocenters. The van der Waals surface area contributed by atoms with Crippen LogP contribution in [0.4, 0.5) is 10.1 Å². The maximum absolute atomic E-state index is 13.3. The van der Waals surface area contributed by atoms with Gasteiger partial charge < -0.3 is 15.0 Å². The Morgan fingerprint density at radius 3 is 3.00 bits per heavy atom. The van der Waals surface area contributed by atoms with Crippen molar-refractivity contribution in [3.05, 3.63) is 52.7 Å². The number of nitrogens with one attached hydrogen (secondary N) is 3. The van der Waals surface area contributed by atoms with E-state index in [1.165, 1.54) is 18.3 Å². The van der Waals surface area contributed by atoms with E-state index in [2.05, 4.69) is 20.3 Å². The predicted molar refractivity (Wildman–Crippen MR) is 105 cm³/mol. The average molecular weight is 407 g/mol. The standard InChI is InChI=1S/C18H20ClFN6O2/c1-28-8-2-6-22-10-15-24-16-12(5-7-23-18(16)25-15)17(21)26(27)11-3-4-14(20)13(19)9-11/h3-5,7,9,21-22,27H,2,6,8,10H2,1H3,(H,23,24,25). The number of hydrogen-bond donors (Lipinski definition) is 4. The lowest BCUT2D eigenvalue weighted by Crippen LogP contribution is -2.27. The van der Waals surface area contributed by atoms with Crippen LogP contribution in [0.25, 0.3) is 11.2 Å². The minimum atomic E-state index is -0.604. The molecule has 0 saturated heterocycles. The highest BCUT2D eigenvalue weighted by Crippen LogP contribution is 2.24. The second-order valence-corrected chi connectivity index (χ2v) is 6.43. The third kappa shape index (κ3) is 4.45. The van der Waals surface area contributed by atoms with E-state index in [0.29, 0.717) is 40.8 Å². The number of benzene rings is 1. The Balaban J connectivity index is 1.79. The molecule has 0 radical (unpaired) electrons. The molecule has 0 spiro atoms. The molecule has 28 heavy (non-hydrogen) atoms. The van der Waals surface area contributed by atoms with Gasteiger partial charge >= 0.3 is 0 Å². The average Bonchev–Trinajstić information content (AvgIpc) is 3.11. The summed E-state index contributed by atoms with van der Waals surface area (Å²) in [5.74, 6) is -0.166. The molecule has 8 nitrogen and oxygen atoms in total. The van der Waals surface area contributed by atoms with E-state index >= 15 is 0 Å². The second kappa shape index (κ2) is 9.07. The molecule has 0 aliphatic heterocycles. The molecule has 2 heterocycles. The Kier molecular flexibility index (Phi) is 6.53. The first-order valence-electron chi connectivity index (χ1n) is 8.57. The van der Waals surface area contributed by atoms with Gasteiger partial charge in [0.25, 0.3) is 0 Å². The van der Waals surface area contributed by atoms with Crippen molar-refractivity contribution in [3.63, 3.8) is 0 Å². The SMILES string of the molecule is COCCCNCc1nc2nccc(C(=N)N(O)c3ccc(F)c(Cl)c3)c2[nH]1. The summed E-state index contributed by atoms with van der Waals surface area (Å²) in [6.45, 7) is 1.95. The molecule has 0 saturated carbocycles. The van der Waals surface area contributed by atoms with Crippen molar-refractivity contribution in [1.29, 1.82) is 5.41 Å². The van der Waals surface area contributed by atoms with Crippen LogP contribution in [0.5, 0.6) is 0 Å². The zero-order valence-corrected chi connectivity index (χ0v) is 15.9. The van der Waals surface area contributed by atoms with Crippen molar-refractivity contribution in [2.45, 2.75) is 13.0 Å². The number of halogens is 2. The number of aromatic nitrogens is 3. The molecule has 0 amide bonds. The van der Waals surface area contributed by atoms with Gasteiger partial charge in [-0.05, 0) is 37.2 Å². The second-order valence-electron chi connectivity index (χ2n) is 6.02. The summed E-state index contributed by atoms with van der Waals surface area (Å²) in [7, 11) is 1.66. The minimum Gasteiger partial charge on any atom is -0.385 e. The van der Waals surface area contributed by atoms with Crippen LogP contribution in [0.1, 0.15) is 17.8 Å². The number of ether oxygens (including phenoxy) is 1. The van der Waals surface area contributed by atoms with E-state index in [0.717, 1.165) is 19.0 Å². The minimum absolute atomic E-state index is 0.146. The molecule has 0 aliphatic carbocycles. The number of hydroxylamine groups is 1. The molecule has 0 unspecified atom stereocenters. The fourth-order valence-electron chi connectivity index (χ4n) is 2.65. The van der Waals surface area contributed by atoms with Crippen LogP contribution < -0.4 is 10.4 Å². The first-order chi connectivity index (χ1) is 13.5. The number of pyridine rings is 1. The van der Waals surface area contributed by atoms with Crippen molar-refractivity contribution < 1.29 is 14.3 Å². The zero-order chi connectivity index (χ0) is 20.1. The van der Waals surface area contributed by atoms with Crippen LogP contribution >= 0.6 is 11.6 Å². The molecule has 0 bridgehead atoms. The molecule has 1 aromatic carbocycles. The molecule has 3 aromatic rings. The number of aromatic amines is 1.